The minimum atomic E-state index is -0.701. The molecule has 1 heterocycles. The first-order chi connectivity index (χ1) is 8.90. The van der Waals surface area contributed by atoms with Gasteiger partial charge in [-0.05, 0) is 32.4 Å². The van der Waals surface area contributed by atoms with Crippen molar-refractivity contribution in [2.45, 2.75) is 26.9 Å². The van der Waals surface area contributed by atoms with Gasteiger partial charge in [0.25, 0.3) is 5.69 Å². The topological polar surface area (TPSA) is 94.1 Å². The van der Waals surface area contributed by atoms with Crippen molar-refractivity contribution >= 4 is 5.69 Å². The zero-order chi connectivity index (χ0) is 14.2. The molecular formula is C12H14N4O3. The number of nitrogens with zero attached hydrogens (tertiary/aromatic N) is 4. The highest BCUT2D eigenvalue weighted by Crippen LogP contribution is 2.25. The van der Waals surface area contributed by atoms with Gasteiger partial charge in [-0.25, -0.2) is 4.68 Å². The summed E-state index contributed by atoms with van der Waals surface area (Å²) in [6.45, 7) is 5.04. The Balaban J connectivity index is 2.50. The predicted molar refractivity (Wildman–Crippen MR) is 68.1 cm³/mol. The third-order valence-corrected chi connectivity index (χ3v) is 2.90. The Hall–Kier alpha value is -2.28. The standard InChI is InChI=1S/C12H14N4O3/c1-7-5-12(16(18)19)8(2)4-11(7)15-6-10(9(3)17)13-14-15/h4-6,9,17H,1-3H3. The van der Waals surface area contributed by atoms with E-state index in [2.05, 4.69) is 10.3 Å². The Kier molecular flexibility index (Phi) is 3.30. The van der Waals surface area contributed by atoms with Gasteiger partial charge in [0, 0.05) is 11.6 Å². The number of benzene rings is 1. The van der Waals surface area contributed by atoms with Crippen LogP contribution in [0.3, 0.4) is 0 Å². The van der Waals surface area contributed by atoms with Crippen molar-refractivity contribution in [1.82, 2.24) is 15.0 Å². The van der Waals surface area contributed by atoms with Crippen molar-refractivity contribution in [3.63, 3.8) is 0 Å². The molecule has 1 aromatic heterocycles. The van der Waals surface area contributed by atoms with Crippen LogP contribution in [0.25, 0.3) is 5.69 Å². The van der Waals surface area contributed by atoms with Gasteiger partial charge in [0.05, 0.1) is 22.9 Å². The SMILES string of the molecule is Cc1cc([N+](=O)[O-])c(C)cc1-n1cc(C(C)O)nn1. The van der Waals surface area contributed by atoms with Gasteiger partial charge in [-0.15, -0.1) is 5.10 Å². The number of rotatable bonds is 3. The van der Waals surface area contributed by atoms with Crippen molar-refractivity contribution in [2.75, 3.05) is 0 Å². The average Bonchev–Trinajstić information content (AvgIpc) is 2.80. The molecule has 0 amide bonds. The molecule has 0 saturated carbocycles. The van der Waals surface area contributed by atoms with E-state index in [1.165, 1.54) is 10.7 Å². The van der Waals surface area contributed by atoms with Crippen LogP contribution in [0.4, 0.5) is 5.69 Å². The summed E-state index contributed by atoms with van der Waals surface area (Å²) in [4.78, 5) is 10.4. The van der Waals surface area contributed by atoms with Crippen molar-refractivity contribution in [2.24, 2.45) is 0 Å². The average molecular weight is 262 g/mol. The molecule has 0 fully saturated rings. The van der Waals surface area contributed by atoms with Gasteiger partial charge >= 0.3 is 0 Å². The van der Waals surface area contributed by atoms with Gasteiger partial charge in [-0.2, -0.15) is 0 Å². The first kappa shape index (κ1) is 13.2. The summed E-state index contributed by atoms with van der Waals surface area (Å²) in [6.07, 6.45) is 0.909. The molecule has 0 saturated heterocycles. The number of aryl methyl sites for hydroxylation is 2. The second-order valence-corrected chi connectivity index (χ2v) is 4.45. The van der Waals surface area contributed by atoms with Crippen LogP contribution in [0.1, 0.15) is 29.8 Å². The van der Waals surface area contributed by atoms with Gasteiger partial charge in [-0.3, -0.25) is 10.1 Å². The second kappa shape index (κ2) is 4.77. The number of nitro groups is 1. The molecule has 0 radical (unpaired) electrons. The zero-order valence-electron chi connectivity index (χ0n) is 10.9. The van der Waals surface area contributed by atoms with Gasteiger partial charge in [0.1, 0.15) is 5.69 Å². The monoisotopic (exact) mass is 262 g/mol. The Labute approximate surface area is 109 Å². The predicted octanol–water partition coefficient (Wildman–Crippen LogP) is 1.85. The molecule has 0 aliphatic heterocycles. The molecule has 7 heteroatoms. The molecule has 2 rings (SSSR count). The normalized spacial score (nSPS) is 12.4. The summed E-state index contributed by atoms with van der Waals surface area (Å²) >= 11 is 0. The Morgan fingerprint density at radius 3 is 2.58 bits per heavy atom. The second-order valence-electron chi connectivity index (χ2n) is 4.45. The van der Waals surface area contributed by atoms with E-state index >= 15 is 0 Å². The molecule has 100 valence electrons. The van der Waals surface area contributed by atoms with E-state index in [9.17, 15) is 15.2 Å². The number of aromatic nitrogens is 3. The number of hydrogen-bond donors (Lipinski definition) is 1. The van der Waals surface area contributed by atoms with Crippen LogP contribution in [0.15, 0.2) is 18.3 Å². The highest BCUT2D eigenvalue weighted by molar-refractivity contribution is 5.52. The number of nitro benzene ring substituents is 1. The molecule has 2 aromatic rings. The molecule has 0 aliphatic rings. The molecule has 0 aliphatic carbocycles. The Morgan fingerprint density at radius 2 is 2.05 bits per heavy atom. The highest BCUT2D eigenvalue weighted by Gasteiger charge is 2.15. The van der Waals surface area contributed by atoms with Crippen LogP contribution in [0, 0.1) is 24.0 Å². The molecule has 1 aromatic carbocycles. The van der Waals surface area contributed by atoms with E-state index in [1.54, 1.807) is 33.0 Å². The van der Waals surface area contributed by atoms with Crippen molar-refractivity contribution in [3.05, 3.63) is 45.3 Å². The molecule has 0 spiro atoms. The fraction of sp³-hybridized carbons (Fsp3) is 0.333. The van der Waals surface area contributed by atoms with Crippen molar-refractivity contribution in [1.29, 1.82) is 0 Å². The van der Waals surface area contributed by atoms with Crippen LogP contribution in [0.2, 0.25) is 0 Å². The maximum atomic E-state index is 10.9. The van der Waals surface area contributed by atoms with Gasteiger partial charge in [0.2, 0.25) is 0 Å². The van der Waals surface area contributed by atoms with Crippen LogP contribution >= 0.6 is 0 Å². The van der Waals surface area contributed by atoms with E-state index in [-0.39, 0.29) is 5.69 Å². The first-order valence-corrected chi connectivity index (χ1v) is 5.76. The summed E-state index contributed by atoms with van der Waals surface area (Å²) < 4.78 is 1.51. The smallest absolute Gasteiger partial charge is 0.272 e. The summed E-state index contributed by atoms with van der Waals surface area (Å²) in [5, 5.41) is 28.0. The summed E-state index contributed by atoms with van der Waals surface area (Å²) in [5.74, 6) is 0. The van der Waals surface area contributed by atoms with Crippen LogP contribution < -0.4 is 0 Å². The Morgan fingerprint density at radius 1 is 1.37 bits per heavy atom. The molecule has 7 nitrogen and oxygen atoms in total. The van der Waals surface area contributed by atoms with Crippen LogP contribution in [-0.2, 0) is 0 Å². The molecule has 19 heavy (non-hydrogen) atoms. The van der Waals surface area contributed by atoms with Gasteiger partial charge < -0.3 is 5.11 Å². The maximum Gasteiger partial charge on any atom is 0.272 e. The van der Waals surface area contributed by atoms with Gasteiger partial charge in [0.15, 0.2) is 0 Å². The third-order valence-electron chi connectivity index (χ3n) is 2.90. The lowest BCUT2D eigenvalue weighted by Crippen LogP contribution is -2.01. The van der Waals surface area contributed by atoms with Crippen LogP contribution in [0.5, 0.6) is 0 Å². The van der Waals surface area contributed by atoms with Gasteiger partial charge in [-0.1, -0.05) is 5.21 Å². The highest BCUT2D eigenvalue weighted by atomic mass is 16.6. The lowest BCUT2D eigenvalue weighted by molar-refractivity contribution is -0.385. The first-order valence-electron chi connectivity index (χ1n) is 5.76. The maximum absolute atomic E-state index is 10.9. The summed E-state index contributed by atoms with van der Waals surface area (Å²) in [7, 11) is 0. The fourth-order valence-electron chi connectivity index (χ4n) is 1.82. The fourth-order valence-corrected chi connectivity index (χ4v) is 1.82. The molecule has 1 N–H and O–H groups in total. The number of hydrogen-bond acceptors (Lipinski definition) is 5. The molecule has 1 unspecified atom stereocenters. The summed E-state index contributed by atoms with van der Waals surface area (Å²) in [5.41, 5.74) is 2.52. The van der Waals surface area contributed by atoms with Crippen molar-refractivity contribution in [3.8, 4) is 5.69 Å². The molecule has 1 atom stereocenters. The van der Waals surface area contributed by atoms with Crippen LogP contribution in [-0.4, -0.2) is 25.0 Å². The zero-order valence-corrected chi connectivity index (χ0v) is 10.9. The number of aliphatic hydroxyl groups excluding tert-OH is 1. The molecule has 0 bridgehead atoms. The van der Waals surface area contributed by atoms with E-state index in [0.717, 1.165) is 5.56 Å². The quantitative estimate of drug-likeness (QED) is 0.672. The minimum absolute atomic E-state index is 0.0807. The lowest BCUT2D eigenvalue weighted by Gasteiger charge is -2.07. The van der Waals surface area contributed by atoms with E-state index < -0.39 is 11.0 Å². The van der Waals surface area contributed by atoms with E-state index in [1.807, 2.05) is 0 Å². The minimum Gasteiger partial charge on any atom is -0.387 e. The van der Waals surface area contributed by atoms with Crippen molar-refractivity contribution < 1.29 is 10.0 Å². The van der Waals surface area contributed by atoms with E-state index in [4.69, 9.17) is 0 Å². The molecular weight excluding hydrogens is 248 g/mol. The third kappa shape index (κ3) is 2.45. The lowest BCUT2D eigenvalue weighted by atomic mass is 10.1. The Bertz CT molecular complexity index is 634. The number of aliphatic hydroxyl groups is 1. The van der Waals surface area contributed by atoms with E-state index in [0.29, 0.717) is 16.9 Å². The summed E-state index contributed by atoms with van der Waals surface area (Å²) in [6, 6.07) is 3.20. The largest absolute Gasteiger partial charge is 0.387 e.